The highest BCUT2D eigenvalue weighted by Crippen LogP contribution is 2.58. The average Bonchev–Trinajstić information content (AvgIpc) is 3.07. The lowest BCUT2D eigenvalue weighted by Gasteiger charge is -2.37. The summed E-state index contributed by atoms with van der Waals surface area (Å²) < 4.78 is 2.93. The number of thioether (sulfide) groups is 1. The lowest BCUT2D eigenvalue weighted by Crippen LogP contribution is -2.43. The van der Waals surface area contributed by atoms with Crippen molar-refractivity contribution >= 4 is 40.3 Å². The van der Waals surface area contributed by atoms with Crippen molar-refractivity contribution in [1.82, 2.24) is 4.90 Å². The van der Waals surface area contributed by atoms with Crippen LogP contribution in [0.25, 0.3) is 0 Å². The molecule has 0 aliphatic carbocycles. The molecule has 0 saturated carbocycles. The van der Waals surface area contributed by atoms with Crippen LogP contribution < -0.4 is 0 Å². The van der Waals surface area contributed by atoms with Gasteiger partial charge in [-0.15, -0.1) is 11.8 Å². The minimum Gasteiger partial charge on any atom is -0.307 e. The molecule has 0 aromatic heterocycles. The summed E-state index contributed by atoms with van der Waals surface area (Å²) in [6.07, 6.45) is 0. The summed E-state index contributed by atoms with van der Waals surface area (Å²) in [5.74, 6) is 3.22. The molecule has 0 bridgehead atoms. The first-order valence-electron chi connectivity index (χ1n) is 9.01. The highest BCUT2D eigenvalue weighted by molar-refractivity contribution is 14.1. The van der Waals surface area contributed by atoms with Crippen LogP contribution in [0.3, 0.4) is 0 Å². The van der Waals surface area contributed by atoms with E-state index in [9.17, 15) is 4.79 Å². The molecule has 4 rings (SSSR count). The van der Waals surface area contributed by atoms with Gasteiger partial charge in [0, 0.05) is 22.6 Å². The maximum atomic E-state index is 13.6. The maximum absolute atomic E-state index is 13.6. The number of hydrogen-bond donors (Lipinski definition) is 0. The minimum absolute atomic E-state index is 0.100. The third kappa shape index (κ3) is 3.34. The van der Waals surface area contributed by atoms with E-state index in [1.807, 2.05) is 94.2 Å². The second-order valence-corrected chi connectivity index (χ2v) is 8.32. The van der Waals surface area contributed by atoms with Gasteiger partial charge in [0.2, 0.25) is 5.91 Å². The zero-order valence-corrected chi connectivity index (χ0v) is 18.1. The standard InChI is InChI=1S/C24H18INOS/c25-17-10-18-26-23(27)22(19-11-4-1-5-12-19)28-24(26,20-13-6-2-7-14-20)21-15-8-3-9-16-21/h1-9,11-16,22H,18H2. The molecule has 1 atom stereocenters. The predicted octanol–water partition coefficient (Wildman–Crippen LogP) is 5.60. The zero-order chi connectivity index (χ0) is 19.4. The van der Waals surface area contributed by atoms with Crippen molar-refractivity contribution in [2.45, 2.75) is 10.1 Å². The fourth-order valence-electron chi connectivity index (χ4n) is 3.66. The quantitative estimate of drug-likeness (QED) is 0.347. The van der Waals surface area contributed by atoms with Crippen molar-refractivity contribution in [1.29, 1.82) is 0 Å². The average molecular weight is 495 g/mol. The number of benzene rings is 3. The minimum atomic E-state index is -0.611. The Balaban J connectivity index is 1.93. The summed E-state index contributed by atoms with van der Waals surface area (Å²) in [5.41, 5.74) is 3.21. The van der Waals surface area contributed by atoms with E-state index in [4.69, 9.17) is 0 Å². The summed E-state index contributed by atoms with van der Waals surface area (Å²) in [6.45, 7) is 0.391. The molecule has 0 N–H and O–H groups in total. The van der Waals surface area contributed by atoms with Gasteiger partial charge in [-0.1, -0.05) is 96.9 Å². The second-order valence-electron chi connectivity index (χ2n) is 6.48. The number of amides is 1. The number of nitrogens with zero attached hydrogens (tertiary/aromatic N) is 1. The fourth-order valence-corrected chi connectivity index (χ4v) is 5.52. The fraction of sp³-hybridized carbons (Fsp3) is 0.125. The molecule has 1 fully saturated rings. The summed E-state index contributed by atoms with van der Waals surface area (Å²) in [6, 6.07) is 30.6. The molecule has 2 nitrogen and oxygen atoms in total. The molecule has 0 spiro atoms. The van der Waals surface area contributed by atoms with Crippen molar-refractivity contribution < 1.29 is 4.79 Å². The third-order valence-corrected chi connectivity index (χ3v) is 7.02. The van der Waals surface area contributed by atoms with Crippen LogP contribution in [0.4, 0.5) is 0 Å². The van der Waals surface area contributed by atoms with Crippen molar-refractivity contribution in [2.24, 2.45) is 0 Å². The Bertz CT molecular complexity index is 972. The Morgan fingerprint density at radius 1 is 0.857 bits per heavy atom. The summed E-state index contributed by atoms with van der Waals surface area (Å²) >= 11 is 3.72. The number of carbonyl (C=O) groups is 1. The molecule has 28 heavy (non-hydrogen) atoms. The lowest BCUT2D eigenvalue weighted by atomic mass is 9.95. The monoisotopic (exact) mass is 495 g/mol. The molecule has 1 unspecified atom stereocenters. The SMILES string of the molecule is O=C1C(c2ccccc2)SC(c2ccccc2)(c2ccccc2)N1CC#CI. The Morgan fingerprint density at radius 2 is 1.36 bits per heavy atom. The first-order chi connectivity index (χ1) is 13.8. The van der Waals surface area contributed by atoms with Crippen molar-refractivity contribution in [3.05, 3.63) is 108 Å². The van der Waals surface area contributed by atoms with Crippen LogP contribution in [0.15, 0.2) is 91.0 Å². The molecule has 138 valence electrons. The van der Waals surface area contributed by atoms with Gasteiger partial charge in [-0.05, 0) is 20.6 Å². The summed E-state index contributed by atoms with van der Waals surface area (Å²) in [7, 11) is 0. The van der Waals surface area contributed by atoms with Crippen LogP contribution in [0.5, 0.6) is 0 Å². The van der Waals surface area contributed by atoms with Gasteiger partial charge < -0.3 is 4.90 Å². The van der Waals surface area contributed by atoms with Crippen LogP contribution >= 0.6 is 34.4 Å². The van der Waals surface area contributed by atoms with E-state index in [1.54, 1.807) is 11.8 Å². The van der Waals surface area contributed by atoms with Crippen LogP contribution in [-0.2, 0) is 9.67 Å². The van der Waals surface area contributed by atoms with Gasteiger partial charge in [0.15, 0.2) is 0 Å². The Morgan fingerprint density at radius 3 is 1.86 bits per heavy atom. The first kappa shape index (κ1) is 19.1. The Kier molecular flexibility index (Phi) is 5.74. The molecule has 1 aliphatic rings. The van der Waals surface area contributed by atoms with E-state index >= 15 is 0 Å². The smallest absolute Gasteiger partial charge is 0.242 e. The number of rotatable bonds is 4. The van der Waals surface area contributed by atoms with Gasteiger partial charge in [0.1, 0.15) is 10.1 Å². The molecule has 0 radical (unpaired) electrons. The molecular formula is C24H18INOS. The zero-order valence-electron chi connectivity index (χ0n) is 15.1. The largest absolute Gasteiger partial charge is 0.307 e. The van der Waals surface area contributed by atoms with Crippen molar-refractivity contribution in [3.8, 4) is 9.85 Å². The highest BCUT2D eigenvalue weighted by atomic mass is 127. The first-order valence-corrected chi connectivity index (χ1v) is 11.0. The molecule has 3 aromatic carbocycles. The van der Waals surface area contributed by atoms with Crippen LogP contribution in [0.1, 0.15) is 21.9 Å². The molecule has 1 saturated heterocycles. The topological polar surface area (TPSA) is 20.3 Å². The Labute approximate surface area is 183 Å². The highest BCUT2D eigenvalue weighted by Gasteiger charge is 2.53. The maximum Gasteiger partial charge on any atom is 0.242 e. The van der Waals surface area contributed by atoms with E-state index in [-0.39, 0.29) is 11.2 Å². The van der Waals surface area contributed by atoms with E-state index in [0.717, 1.165) is 16.7 Å². The number of hydrogen-bond acceptors (Lipinski definition) is 2. The van der Waals surface area contributed by atoms with E-state index < -0.39 is 4.87 Å². The van der Waals surface area contributed by atoms with E-state index in [0.29, 0.717) is 6.54 Å². The number of halogens is 1. The third-order valence-electron chi connectivity index (χ3n) is 4.90. The molecule has 4 heteroatoms. The van der Waals surface area contributed by atoms with Gasteiger partial charge in [0.05, 0.1) is 6.54 Å². The molecule has 1 heterocycles. The second kappa shape index (κ2) is 8.42. The molecule has 3 aromatic rings. The lowest BCUT2D eigenvalue weighted by molar-refractivity contribution is -0.131. The predicted molar refractivity (Wildman–Crippen MR) is 124 cm³/mol. The van der Waals surface area contributed by atoms with E-state index in [1.165, 1.54) is 0 Å². The van der Waals surface area contributed by atoms with Crippen LogP contribution in [0.2, 0.25) is 0 Å². The van der Waals surface area contributed by atoms with Crippen molar-refractivity contribution in [3.63, 3.8) is 0 Å². The summed E-state index contributed by atoms with van der Waals surface area (Å²) in [5, 5.41) is -0.266. The van der Waals surface area contributed by atoms with Gasteiger partial charge in [-0.2, -0.15) is 0 Å². The van der Waals surface area contributed by atoms with Crippen LogP contribution in [0, 0.1) is 9.85 Å². The van der Waals surface area contributed by atoms with Gasteiger partial charge in [0.25, 0.3) is 0 Å². The van der Waals surface area contributed by atoms with E-state index in [2.05, 4.69) is 34.1 Å². The number of carbonyl (C=O) groups excluding carboxylic acids is 1. The van der Waals surface area contributed by atoms with Crippen molar-refractivity contribution in [2.75, 3.05) is 6.54 Å². The van der Waals surface area contributed by atoms with Gasteiger partial charge in [-0.3, -0.25) is 4.79 Å². The summed E-state index contributed by atoms with van der Waals surface area (Å²) in [4.78, 5) is 14.9. The normalized spacial score (nSPS) is 17.8. The Hall–Kier alpha value is -2.23. The van der Waals surface area contributed by atoms with Gasteiger partial charge in [-0.25, -0.2) is 0 Å². The van der Waals surface area contributed by atoms with Gasteiger partial charge >= 0.3 is 0 Å². The van der Waals surface area contributed by atoms with Crippen LogP contribution in [-0.4, -0.2) is 17.4 Å². The molecule has 1 amide bonds. The molecular weight excluding hydrogens is 477 g/mol. The molecule has 1 aliphatic heterocycles.